The molecule has 168 valence electrons. The molecule has 0 saturated carbocycles. The lowest BCUT2D eigenvalue weighted by molar-refractivity contribution is -0.122. The third-order valence-corrected chi connectivity index (χ3v) is 7.64. The molecule has 0 radical (unpaired) electrons. The smallest absolute Gasteiger partial charge is 0.240 e. The van der Waals surface area contributed by atoms with Crippen LogP contribution in [0.5, 0.6) is 0 Å². The molecule has 3 heterocycles. The SMILES string of the molecule is O=C(c1ccc(Br)cc1)[C@@H]1[C@@H]2C(=O)N(c3ccccc3)C(=O)[C@H]2[C@H]2C=Cc3cc(Cl)ccc3N21. The van der Waals surface area contributed by atoms with E-state index in [4.69, 9.17) is 11.6 Å². The second kappa shape index (κ2) is 7.93. The van der Waals surface area contributed by atoms with E-state index in [-0.39, 0.29) is 17.6 Å². The average Bonchev–Trinajstić information content (AvgIpc) is 3.32. The van der Waals surface area contributed by atoms with Crippen molar-refractivity contribution in [1.29, 1.82) is 0 Å². The van der Waals surface area contributed by atoms with Crippen molar-refractivity contribution in [2.24, 2.45) is 11.8 Å². The van der Waals surface area contributed by atoms with Crippen LogP contribution in [-0.2, 0) is 9.59 Å². The van der Waals surface area contributed by atoms with Gasteiger partial charge in [-0.25, -0.2) is 4.90 Å². The number of imide groups is 1. The van der Waals surface area contributed by atoms with Crippen molar-refractivity contribution in [3.05, 3.63) is 99.5 Å². The maximum Gasteiger partial charge on any atom is 0.240 e. The Labute approximate surface area is 209 Å². The van der Waals surface area contributed by atoms with E-state index in [1.807, 2.05) is 35.3 Å². The number of nitrogens with zero attached hydrogens (tertiary/aromatic N) is 2. The van der Waals surface area contributed by atoms with Gasteiger partial charge in [-0.05, 0) is 48.0 Å². The van der Waals surface area contributed by atoms with E-state index < -0.39 is 23.9 Å². The first-order valence-corrected chi connectivity index (χ1v) is 12.1. The predicted molar refractivity (Wildman–Crippen MR) is 135 cm³/mol. The van der Waals surface area contributed by atoms with Crippen LogP contribution < -0.4 is 9.80 Å². The molecule has 3 aliphatic heterocycles. The third kappa shape index (κ3) is 3.09. The van der Waals surface area contributed by atoms with Crippen molar-refractivity contribution in [1.82, 2.24) is 0 Å². The van der Waals surface area contributed by atoms with Gasteiger partial charge in [0.15, 0.2) is 5.78 Å². The number of ketones is 1. The maximum atomic E-state index is 13.9. The Morgan fingerprint density at radius 2 is 1.59 bits per heavy atom. The lowest BCUT2D eigenvalue weighted by Crippen LogP contribution is -2.48. The van der Waals surface area contributed by atoms with Gasteiger partial charge in [0.2, 0.25) is 11.8 Å². The van der Waals surface area contributed by atoms with Gasteiger partial charge in [-0.3, -0.25) is 14.4 Å². The van der Waals surface area contributed by atoms with Crippen molar-refractivity contribution in [2.75, 3.05) is 9.80 Å². The summed E-state index contributed by atoms with van der Waals surface area (Å²) >= 11 is 9.63. The number of hydrogen-bond donors (Lipinski definition) is 0. The first-order chi connectivity index (χ1) is 16.5. The standard InChI is InChI=1S/C27H18BrClN2O3/c28-17-9-6-15(7-10-17)25(32)24-23-22(26(33)30(27(23)34)19-4-2-1-3-5-19)21-12-8-16-14-18(29)11-13-20(16)31(21)24/h1-14,21-24H/t21-,22+,23-,24+/m1/s1. The highest BCUT2D eigenvalue weighted by molar-refractivity contribution is 9.10. The quantitative estimate of drug-likeness (QED) is 0.335. The summed E-state index contributed by atoms with van der Waals surface area (Å²) in [7, 11) is 0. The highest BCUT2D eigenvalue weighted by atomic mass is 79.9. The van der Waals surface area contributed by atoms with Crippen LogP contribution in [0.4, 0.5) is 11.4 Å². The minimum Gasteiger partial charge on any atom is -0.352 e. The fourth-order valence-corrected chi connectivity index (χ4v) is 5.91. The summed E-state index contributed by atoms with van der Waals surface area (Å²) in [5.41, 5.74) is 2.68. The van der Waals surface area contributed by atoms with Crippen molar-refractivity contribution in [3.63, 3.8) is 0 Å². The Morgan fingerprint density at radius 1 is 0.882 bits per heavy atom. The van der Waals surface area contributed by atoms with Gasteiger partial charge >= 0.3 is 0 Å². The summed E-state index contributed by atoms with van der Waals surface area (Å²) in [5, 5.41) is 0.583. The minimum absolute atomic E-state index is 0.183. The molecule has 0 unspecified atom stereocenters. The second-order valence-electron chi connectivity index (χ2n) is 8.68. The van der Waals surface area contributed by atoms with E-state index in [9.17, 15) is 14.4 Å². The second-order valence-corrected chi connectivity index (χ2v) is 10.0. The molecule has 2 saturated heterocycles. The molecule has 5 nitrogen and oxygen atoms in total. The molecule has 0 spiro atoms. The fourth-order valence-electron chi connectivity index (χ4n) is 5.46. The number of fused-ring (bicyclic) bond motifs is 5. The first kappa shape index (κ1) is 21.3. The molecule has 3 aromatic carbocycles. The monoisotopic (exact) mass is 532 g/mol. The molecule has 2 fully saturated rings. The molecule has 4 atom stereocenters. The number of halogens is 2. The van der Waals surface area contributed by atoms with Crippen LogP contribution in [0.3, 0.4) is 0 Å². The van der Waals surface area contributed by atoms with Crippen molar-refractivity contribution in [2.45, 2.75) is 12.1 Å². The van der Waals surface area contributed by atoms with Crippen LogP contribution in [0.2, 0.25) is 5.02 Å². The summed E-state index contributed by atoms with van der Waals surface area (Å²) in [6.45, 7) is 0. The van der Waals surface area contributed by atoms with Crippen molar-refractivity contribution < 1.29 is 14.4 Å². The Balaban J connectivity index is 1.50. The van der Waals surface area contributed by atoms with E-state index in [1.54, 1.807) is 54.6 Å². The topological polar surface area (TPSA) is 57.7 Å². The lowest BCUT2D eigenvalue weighted by atomic mass is 9.86. The lowest BCUT2D eigenvalue weighted by Gasteiger charge is -2.36. The van der Waals surface area contributed by atoms with Crippen LogP contribution in [0, 0.1) is 11.8 Å². The highest BCUT2D eigenvalue weighted by Gasteiger charge is 2.64. The van der Waals surface area contributed by atoms with Crippen LogP contribution in [0.1, 0.15) is 15.9 Å². The summed E-state index contributed by atoms with van der Waals surface area (Å²) in [5.74, 6) is -2.24. The number of rotatable bonds is 3. The van der Waals surface area contributed by atoms with E-state index >= 15 is 0 Å². The van der Waals surface area contributed by atoms with Gasteiger partial charge in [-0.15, -0.1) is 0 Å². The van der Waals surface area contributed by atoms with Crippen molar-refractivity contribution >= 4 is 62.6 Å². The molecule has 0 N–H and O–H groups in total. The number of carbonyl (C=O) groups excluding carboxylic acids is 3. The zero-order valence-corrected chi connectivity index (χ0v) is 20.1. The largest absolute Gasteiger partial charge is 0.352 e. The zero-order valence-electron chi connectivity index (χ0n) is 17.8. The molecule has 0 bridgehead atoms. The maximum absolute atomic E-state index is 13.9. The molecule has 0 aliphatic carbocycles. The van der Waals surface area contributed by atoms with E-state index in [0.29, 0.717) is 16.3 Å². The van der Waals surface area contributed by atoms with Gasteiger partial charge in [-0.2, -0.15) is 0 Å². The first-order valence-electron chi connectivity index (χ1n) is 10.9. The molecule has 34 heavy (non-hydrogen) atoms. The molecule has 6 rings (SSSR count). The minimum atomic E-state index is -0.814. The summed E-state index contributed by atoms with van der Waals surface area (Å²) in [4.78, 5) is 44.6. The average molecular weight is 534 g/mol. The Hall–Kier alpha value is -3.22. The normalized spacial score (nSPS) is 24.8. The third-order valence-electron chi connectivity index (χ3n) is 6.88. The fraction of sp³-hybridized carbons (Fsp3) is 0.148. The number of carbonyl (C=O) groups is 3. The Morgan fingerprint density at radius 3 is 2.32 bits per heavy atom. The zero-order chi connectivity index (χ0) is 23.6. The molecule has 7 heteroatoms. The van der Waals surface area contributed by atoms with Crippen molar-refractivity contribution in [3.8, 4) is 0 Å². The summed E-state index contributed by atoms with van der Waals surface area (Å²) in [6, 6.07) is 20.2. The van der Waals surface area contributed by atoms with Gasteiger partial charge < -0.3 is 4.90 Å². The molecule has 3 aliphatic rings. The Kier molecular flexibility index (Phi) is 4.97. The van der Waals surface area contributed by atoms with Gasteiger partial charge in [-0.1, -0.05) is 70.0 Å². The Bertz CT molecular complexity index is 1370. The van der Waals surface area contributed by atoms with E-state index in [0.717, 1.165) is 15.7 Å². The molecule has 3 aromatic rings. The number of para-hydroxylation sites is 1. The number of hydrogen-bond acceptors (Lipinski definition) is 4. The number of anilines is 2. The number of benzene rings is 3. The summed E-state index contributed by atoms with van der Waals surface area (Å²) < 4.78 is 0.856. The van der Waals surface area contributed by atoms with Gasteiger partial charge in [0.05, 0.1) is 23.6 Å². The van der Waals surface area contributed by atoms with Crippen LogP contribution in [0.15, 0.2) is 83.3 Å². The molecule has 2 amide bonds. The highest BCUT2D eigenvalue weighted by Crippen LogP contribution is 2.50. The molecule has 0 aromatic heterocycles. The van der Waals surface area contributed by atoms with Crippen LogP contribution in [-0.4, -0.2) is 29.7 Å². The van der Waals surface area contributed by atoms with E-state index in [2.05, 4.69) is 15.9 Å². The van der Waals surface area contributed by atoms with E-state index in [1.165, 1.54) is 4.90 Å². The molecular weight excluding hydrogens is 516 g/mol. The van der Waals surface area contributed by atoms with Crippen LogP contribution in [0.25, 0.3) is 6.08 Å². The van der Waals surface area contributed by atoms with Gasteiger partial charge in [0, 0.05) is 20.7 Å². The van der Waals surface area contributed by atoms with Gasteiger partial charge in [0.1, 0.15) is 6.04 Å². The summed E-state index contributed by atoms with van der Waals surface area (Å²) in [6.07, 6.45) is 3.85. The number of amides is 2. The van der Waals surface area contributed by atoms with Crippen LogP contribution >= 0.6 is 27.5 Å². The molecular formula is C27H18BrClN2O3. The van der Waals surface area contributed by atoms with Gasteiger partial charge in [0.25, 0.3) is 0 Å². The number of Topliss-reactive ketones (excluding diaryl/α,β-unsaturated/α-hetero) is 1. The predicted octanol–water partition coefficient (Wildman–Crippen LogP) is 5.38.